The molecule has 0 bridgehead atoms. The van der Waals surface area contributed by atoms with Crippen molar-refractivity contribution in [1.82, 2.24) is 10.2 Å². The van der Waals surface area contributed by atoms with Gasteiger partial charge in [0.05, 0.1) is 11.6 Å². The van der Waals surface area contributed by atoms with E-state index >= 15 is 0 Å². The number of likely N-dealkylation sites (tertiary alicyclic amines) is 1. The first-order valence-corrected chi connectivity index (χ1v) is 7.03. The highest BCUT2D eigenvalue weighted by Crippen LogP contribution is 2.26. The maximum atomic E-state index is 12.3. The van der Waals surface area contributed by atoms with E-state index in [4.69, 9.17) is 5.26 Å². The Hall–Kier alpha value is -2.06. The number of carbonyl (C=O) groups excluding carboxylic acids is 1. The van der Waals surface area contributed by atoms with Crippen LogP contribution in [0.3, 0.4) is 0 Å². The standard InChI is InChI=1S/C15H18N4O/c16-7-11-2-1-3-14(6-11)18-15(20)19-5-4-12-8-17-9-13(12)10-19/h1-3,6,12-13,17H,4-5,8-10H2,(H,18,20). The minimum atomic E-state index is -0.0644. The molecule has 2 atom stereocenters. The van der Waals surface area contributed by atoms with Crippen molar-refractivity contribution in [3.63, 3.8) is 0 Å². The zero-order valence-electron chi connectivity index (χ0n) is 11.3. The molecule has 0 spiro atoms. The number of amides is 2. The summed E-state index contributed by atoms with van der Waals surface area (Å²) in [5.41, 5.74) is 1.24. The molecule has 2 fully saturated rings. The lowest BCUT2D eigenvalue weighted by Gasteiger charge is -2.34. The lowest BCUT2D eigenvalue weighted by atomic mass is 9.89. The molecule has 20 heavy (non-hydrogen) atoms. The number of nitrogens with zero attached hydrogens (tertiary/aromatic N) is 2. The summed E-state index contributed by atoms with van der Waals surface area (Å²) in [5, 5.41) is 15.1. The average Bonchev–Trinajstić information content (AvgIpc) is 2.94. The number of carbonyl (C=O) groups is 1. The van der Waals surface area contributed by atoms with Crippen molar-refractivity contribution in [1.29, 1.82) is 5.26 Å². The van der Waals surface area contributed by atoms with Crippen LogP contribution in [0.15, 0.2) is 24.3 Å². The van der Waals surface area contributed by atoms with E-state index in [-0.39, 0.29) is 6.03 Å². The predicted molar refractivity (Wildman–Crippen MR) is 76.2 cm³/mol. The van der Waals surface area contributed by atoms with E-state index in [0.29, 0.717) is 17.2 Å². The van der Waals surface area contributed by atoms with Crippen molar-refractivity contribution >= 4 is 11.7 Å². The van der Waals surface area contributed by atoms with Gasteiger partial charge in [0.25, 0.3) is 0 Å². The Bertz CT molecular complexity index is 551. The molecule has 1 aromatic rings. The fourth-order valence-corrected chi connectivity index (χ4v) is 3.09. The van der Waals surface area contributed by atoms with Gasteiger partial charge in [0.15, 0.2) is 0 Å². The number of rotatable bonds is 1. The second-order valence-corrected chi connectivity index (χ2v) is 5.54. The fraction of sp³-hybridized carbons (Fsp3) is 0.467. The van der Waals surface area contributed by atoms with Gasteiger partial charge in [-0.1, -0.05) is 6.07 Å². The van der Waals surface area contributed by atoms with E-state index in [9.17, 15) is 4.79 Å². The number of piperidine rings is 1. The highest BCUT2D eigenvalue weighted by Gasteiger charge is 2.34. The second kappa shape index (κ2) is 5.51. The van der Waals surface area contributed by atoms with Gasteiger partial charge in [-0.15, -0.1) is 0 Å². The van der Waals surface area contributed by atoms with E-state index in [1.54, 1.807) is 18.2 Å². The molecule has 0 saturated carbocycles. The summed E-state index contributed by atoms with van der Waals surface area (Å²) in [5.74, 6) is 1.31. The molecule has 2 N–H and O–H groups in total. The van der Waals surface area contributed by atoms with Crippen LogP contribution in [-0.4, -0.2) is 37.1 Å². The third kappa shape index (κ3) is 2.61. The van der Waals surface area contributed by atoms with Gasteiger partial charge >= 0.3 is 6.03 Å². The Morgan fingerprint density at radius 1 is 1.40 bits per heavy atom. The van der Waals surface area contributed by atoms with Crippen LogP contribution in [0.2, 0.25) is 0 Å². The first-order chi connectivity index (χ1) is 9.76. The first-order valence-electron chi connectivity index (χ1n) is 7.03. The molecule has 2 saturated heterocycles. The molecule has 2 aliphatic rings. The SMILES string of the molecule is N#Cc1cccc(NC(=O)N2CCC3CNCC3C2)c1. The third-order valence-corrected chi connectivity index (χ3v) is 4.23. The van der Waals surface area contributed by atoms with E-state index in [0.717, 1.165) is 38.5 Å². The number of benzene rings is 1. The molecule has 0 radical (unpaired) electrons. The van der Waals surface area contributed by atoms with E-state index in [2.05, 4.69) is 16.7 Å². The first kappa shape index (κ1) is 12.9. The molecular formula is C15H18N4O. The average molecular weight is 270 g/mol. The van der Waals surface area contributed by atoms with Gasteiger partial charge in [0, 0.05) is 18.8 Å². The van der Waals surface area contributed by atoms with Gasteiger partial charge < -0.3 is 15.5 Å². The number of hydrogen-bond acceptors (Lipinski definition) is 3. The minimum absolute atomic E-state index is 0.0644. The number of nitriles is 1. The van der Waals surface area contributed by atoms with Crippen molar-refractivity contribution in [2.24, 2.45) is 11.8 Å². The third-order valence-electron chi connectivity index (χ3n) is 4.23. The Kier molecular flexibility index (Phi) is 3.57. The molecule has 104 valence electrons. The number of hydrogen-bond donors (Lipinski definition) is 2. The maximum absolute atomic E-state index is 12.3. The van der Waals surface area contributed by atoms with Gasteiger partial charge in [0.2, 0.25) is 0 Å². The molecule has 2 heterocycles. The van der Waals surface area contributed by atoms with Gasteiger partial charge in [0.1, 0.15) is 0 Å². The molecule has 5 nitrogen and oxygen atoms in total. The largest absolute Gasteiger partial charge is 0.324 e. The summed E-state index contributed by atoms with van der Waals surface area (Å²) >= 11 is 0. The van der Waals surface area contributed by atoms with Crippen molar-refractivity contribution in [3.8, 4) is 6.07 Å². The van der Waals surface area contributed by atoms with E-state index in [1.807, 2.05) is 11.0 Å². The Morgan fingerprint density at radius 2 is 2.25 bits per heavy atom. The van der Waals surface area contributed by atoms with E-state index < -0.39 is 0 Å². The second-order valence-electron chi connectivity index (χ2n) is 5.54. The number of fused-ring (bicyclic) bond motifs is 1. The molecule has 2 amide bonds. The summed E-state index contributed by atoms with van der Waals surface area (Å²) in [6.45, 7) is 3.73. The summed E-state index contributed by atoms with van der Waals surface area (Å²) in [6.07, 6.45) is 1.07. The highest BCUT2D eigenvalue weighted by molar-refractivity contribution is 5.89. The van der Waals surface area contributed by atoms with Gasteiger partial charge in [-0.2, -0.15) is 5.26 Å². The van der Waals surface area contributed by atoms with Gasteiger partial charge in [-0.25, -0.2) is 4.79 Å². The quantitative estimate of drug-likeness (QED) is 0.815. The topological polar surface area (TPSA) is 68.2 Å². The lowest BCUT2D eigenvalue weighted by molar-refractivity contribution is 0.161. The fourth-order valence-electron chi connectivity index (χ4n) is 3.09. The van der Waals surface area contributed by atoms with Gasteiger partial charge in [-0.3, -0.25) is 0 Å². The zero-order valence-corrected chi connectivity index (χ0v) is 11.3. The molecule has 3 rings (SSSR count). The normalized spacial score (nSPS) is 24.9. The van der Waals surface area contributed by atoms with Crippen molar-refractivity contribution in [3.05, 3.63) is 29.8 Å². The van der Waals surface area contributed by atoms with Crippen LogP contribution >= 0.6 is 0 Å². The summed E-state index contributed by atoms with van der Waals surface area (Å²) in [6, 6.07) is 9.02. The zero-order chi connectivity index (χ0) is 13.9. The van der Waals surface area contributed by atoms with Crippen LogP contribution in [0.4, 0.5) is 10.5 Å². The number of urea groups is 1. The van der Waals surface area contributed by atoms with Crippen LogP contribution in [-0.2, 0) is 0 Å². The monoisotopic (exact) mass is 270 g/mol. The molecule has 0 aromatic heterocycles. The highest BCUT2D eigenvalue weighted by atomic mass is 16.2. The van der Waals surface area contributed by atoms with Crippen molar-refractivity contribution in [2.45, 2.75) is 6.42 Å². The molecule has 5 heteroatoms. The predicted octanol–water partition coefficient (Wildman–Crippen LogP) is 1.63. The molecular weight excluding hydrogens is 252 g/mol. The van der Waals surface area contributed by atoms with Crippen molar-refractivity contribution < 1.29 is 4.79 Å². The van der Waals surface area contributed by atoms with Crippen molar-refractivity contribution in [2.75, 3.05) is 31.5 Å². The summed E-state index contributed by atoms with van der Waals surface area (Å²) in [4.78, 5) is 14.1. The molecule has 2 unspecified atom stereocenters. The lowest BCUT2D eigenvalue weighted by Crippen LogP contribution is -2.45. The van der Waals surface area contributed by atoms with Crippen LogP contribution < -0.4 is 10.6 Å². The Labute approximate surface area is 118 Å². The maximum Gasteiger partial charge on any atom is 0.321 e. The minimum Gasteiger partial charge on any atom is -0.324 e. The van der Waals surface area contributed by atoms with Gasteiger partial charge in [-0.05, 0) is 49.5 Å². The molecule has 2 aliphatic heterocycles. The summed E-state index contributed by atoms with van der Waals surface area (Å²) in [7, 11) is 0. The smallest absolute Gasteiger partial charge is 0.321 e. The van der Waals surface area contributed by atoms with E-state index in [1.165, 1.54) is 0 Å². The number of nitrogens with one attached hydrogen (secondary N) is 2. The van der Waals surface area contributed by atoms with Crippen LogP contribution in [0.1, 0.15) is 12.0 Å². The van der Waals surface area contributed by atoms with Crippen LogP contribution in [0.5, 0.6) is 0 Å². The Balaban J connectivity index is 1.63. The van der Waals surface area contributed by atoms with Crippen LogP contribution in [0, 0.1) is 23.2 Å². The Morgan fingerprint density at radius 3 is 3.10 bits per heavy atom. The number of anilines is 1. The molecule has 0 aliphatic carbocycles. The van der Waals surface area contributed by atoms with Crippen LogP contribution in [0.25, 0.3) is 0 Å². The molecule has 1 aromatic carbocycles. The summed E-state index contributed by atoms with van der Waals surface area (Å²) < 4.78 is 0.